The summed E-state index contributed by atoms with van der Waals surface area (Å²) in [7, 11) is 0. The van der Waals surface area contributed by atoms with Crippen molar-refractivity contribution in [3.63, 3.8) is 0 Å². The first-order valence-corrected chi connectivity index (χ1v) is 6.33. The molecule has 2 bridgehead atoms. The van der Waals surface area contributed by atoms with E-state index in [0.717, 1.165) is 0 Å². The normalized spacial score (nSPS) is 11.2. The predicted octanol–water partition coefficient (Wildman–Crippen LogP) is 4.20. The molecule has 0 N–H and O–H groups in total. The summed E-state index contributed by atoms with van der Waals surface area (Å²) in [5.74, 6) is 0. The van der Waals surface area contributed by atoms with Gasteiger partial charge in [-0.15, -0.1) is 0 Å². The Morgan fingerprint density at radius 3 is 2.63 bits per heavy atom. The van der Waals surface area contributed by atoms with Gasteiger partial charge in [-0.1, -0.05) is 24.3 Å². The first kappa shape index (κ1) is 10.3. The second-order valence-corrected chi connectivity index (χ2v) is 4.62. The molecule has 0 aliphatic carbocycles. The van der Waals surface area contributed by atoms with Gasteiger partial charge in [0.2, 0.25) is 0 Å². The number of benzene rings is 1. The van der Waals surface area contributed by atoms with Crippen molar-refractivity contribution < 1.29 is 0 Å². The van der Waals surface area contributed by atoms with Crippen LogP contribution < -0.4 is 0 Å². The molecule has 4 rings (SSSR count). The van der Waals surface area contributed by atoms with E-state index >= 15 is 0 Å². The van der Waals surface area contributed by atoms with Gasteiger partial charge in [0.1, 0.15) is 0 Å². The van der Waals surface area contributed by atoms with Crippen molar-refractivity contribution >= 4 is 27.2 Å². The Hall–Kier alpha value is -2.61. The van der Waals surface area contributed by atoms with Gasteiger partial charge in [0.15, 0.2) is 0 Å². The summed E-state index contributed by atoms with van der Waals surface area (Å²) < 4.78 is 2.23. The van der Waals surface area contributed by atoms with Crippen molar-refractivity contribution in [2.75, 3.05) is 0 Å². The van der Waals surface area contributed by atoms with Crippen LogP contribution in [-0.4, -0.2) is 9.38 Å². The van der Waals surface area contributed by atoms with E-state index < -0.39 is 0 Å². The van der Waals surface area contributed by atoms with Crippen LogP contribution in [0.3, 0.4) is 0 Å². The maximum Gasteiger partial charge on any atom is 0.0541 e. The molecule has 0 amide bonds. The highest BCUT2D eigenvalue weighted by atomic mass is 14.9. The number of para-hydroxylation sites is 1. The minimum Gasteiger partial charge on any atom is -0.316 e. The zero-order valence-corrected chi connectivity index (χ0v) is 10.3. The highest BCUT2D eigenvalue weighted by molar-refractivity contribution is 6.08. The molecule has 0 aliphatic heterocycles. The highest BCUT2D eigenvalue weighted by Gasteiger charge is 2.05. The zero-order valence-electron chi connectivity index (χ0n) is 10.3. The Balaban J connectivity index is 2.37. The molecule has 4 aromatic rings. The van der Waals surface area contributed by atoms with Crippen LogP contribution in [0.4, 0.5) is 0 Å². The fourth-order valence-corrected chi connectivity index (χ4v) is 2.63. The summed E-state index contributed by atoms with van der Waals surface area (Å²) in [6.45, 7) is 0. The first-order chi connectivity index (χ1) is 9.43. The third-order valence-corrected chi connectivity index (χ3v) is 3.50. The van der Waals surface area contributed by atoms with E-state index in [1.54, 1.807) is 0 Å². The molecule has 0 saturated carbocycles. The van der Waals surface area contributed by atoms with E-state index in [-0.39, 0.29) is 0 Å². The van der Waals surface area contributed by atoms with Crippen LogP contribution >= 0.6 is 0 Å². The number of hydrogen-bond donors (Lipinski definition) is 0. The Morgan fingerprint density at radius 2 is 1.63 bits per heavy atom. The Morgan fingerprint density at radius 1 is 0.737 bits per heavy atom. The number of pyridine rings is 1. The third-order valence-electron chi connectivity index (χ3n) is 3.50. The van der Waals surface area contributed by atoms with Gasteiger partial charge in [-0.25, -0.2) is 0 Å². The molecule has 0 spiro atoms. The minimum atomic E-state index is 1.19. The molecular weight excluding hydrogens is 232 g/mol. The number of hydrogen-bond acceptors (Lipinski definition) is 1. The average Bonchev–Trinajstić information content (AvgIpc) is 2.77. The monoisotopic (exact) mass is 244 g/mol. The lowest BCUT2D eigenvalue weighted by atomic mass is 10.2. The fraction of sp³-hybridized carbons (Fsp3) is 0. The van der Waals surface area contributed by atoms with Crippen LogP contribution in [0.15, 0.2) is 73.2 Å². The second kappa shape index (κ2) is 3.95. The Bertz CT molecular complexity index is 905. The summed E-state index contributed by atoms with van der Waals surface area (Å²) in [5, 5.41) is 3.68. The van der Waals surface area contributed by atoms with Gasteiger partial charge in [-0.05, 0) is 35.7 Å². The summed E-state index contributed by atoms with van der Waals surface area (Å²) >= 11 is 0. The van der Waals surface area contributed by atoms with Crippen LogP contribution in [0.1, 0.15) is 0 Å². The molecule has 0 aliphatic rings. The van der Waals surface area contributed by atoms with Gasteiger partial charge in [0.05, 0.1) is 11.0 Å². The lowest BCUT2D eigenvalue weighted by molar-refractivity contribution is 1.26. The molecule has 90 valence electrons. The zero-order chi connectivity index (χ0) is 12.7. The largest absolute Gasteiger partial charge is 0.316 e. The van der Waals surface area contributed by atoms with Crippen molar-refractivity contribution in [3.05, 3.63) is 73.2 Å². The summed E-state index contributed by atoms with van der Waals surface area (Å²) in [5.41, 5.74) is 2.45. The van der Waals surface area contributed by atoms with E-state index in [1.165, 1.54) is 27.2 Å². The summed E-state index contributed by atoms with van der Waals surface area (Å²) in [4.78, 5) is 4.25. The van der Waals surface area contributed by atoms with Crippen LogP contribution in [0, 0.1) is 0 Å². The van der Waals surface area contributed by atoms with Gasteiger partial charge in [-0.2, -0.15) is 0 Å². The van der Waals surface area contributed by atoms with Crippen LogP contribution in [0.25, 0.3) is 27.2 Å². The lowest BCUT2D eigenvalue weighted by Gasteiger charge is -1.97. The van der Waals surface area contributed by atoms with Gasteiger partial charge < -0.3 is 4.40 Å². The lowest BCUT2D eigenvalue weighted by Crippen LogP contribution is -1.81. The smallest absolute Gasteiger partial charge is 0.0541 e. The molecule has 0 unspecified atom stereocenters. The van der Waals surface area contributed by atoms with Crippen molar-refractivity contribution in [1.29, 1.82) is 0 Å². The Labute approximate surface area is 110 Å². The van der Waals surface area contributed by atoms with Crippen molar-refractivity contribution in [3.8, 4) is 0 Å². The third kappa shape index (κ3) is 1.54. The van der Waals surface area contributed by atoms with Crippen LogP contribution in [0.2, 0.25) is 0 Å². The van der Waals surface area contributed by atoms with E-state index in [9.17, 15) is 0 Å². The van der Waals surface area contributed by atoms with Gasteiger partial charge in [0.25, 0.3) is 0 Å². The van der Waals surface area contributed by atoms with E-state index in [0.29, 0.717) is 0 Å². The average molecular weight is 244 g/mol. The van der Waals surface area contributed by atoms with E-state index in [1.807, 2.05) is 18.5 Å². The predicted molar refractivity (Wildman–Crippen MR) is 79.0 cm³/mol. The van der Waals surface area contributed by atoms with Crippen molar-refractivity contribution in [2.24, 2.45) is 0 Å². The summed E-state index contributed by atoms with van der Waals surface area (Å²) in [6.07, 6.45) is 5.79. The molecule has 3 aromatic heterocycles. The van der Waals surface area contributed by atoms with E-state index in [2.05, 4.69) is 64.1 Å². The molecule has 1 aromatic carbocycles. The number of nitrogens with zero attached hydrogens (tertiary/aromatic N) is 2. The minimum absolute atomic E-state index is 1.19. The molecular formula is C17H12N2. The van der Waals surface area contributed by atoms with Crippen molar-refractivity contribution in [2.45, 2.75) is 0 Å². The molecule has 0 fully saturated rings. The van der Waals surface area contributed by atoms with Crippen LogP contribution in [-0.2, 0) is 0 Å². The number of aromatic nitrogens is 2. The standard InChI is InChI=1S/C17H12N2/c1-2-6-16-14(5-1)15-7-10-18-9-3-4-13-8-11-19(16)17(15)12-13/h1-12H. The quantitative estimate of drug-likeness (QED) is 0.453. The van der Waals surface area contributed by atoms with Crippen molar-refractivity contribution in [1.82, 2.24) is 9.38 Å². The number of rotatable bonds is 0. The Kier molecular flexibility index (Phi) is 2.15. The van der Waals surface area contributed by atoms with Gasteiger partial charge >= 0.3 is 0 Å². The fourth-order valence-electron chi connectivity index (χ4n) is 2.63. The molecule has 19 heavy (non-hydrogen) atoms. The molecule has 0 radical (unpaired) electrons. The molecule has 2 nitrogen and oxygen atoms in total. The number of fused-ring (bicyclic) bond motifs is 4. The maximum absolute atomic E-state index is 4.25. The highest BCUT2D eigenvalue weighted by Crippen LogP contribution is 2.27. The molecule has 2 heteroatoms. The second-order valence-electron chi connectivity index (χ2n) is 4.62. The maximum atomic E-state index is 4.25. The van der Waals surface area contributed by atoms with E-state index in [4.69, 9.17) is 0 Å². The summed E-state index contributed by atoms with van der Waals surface area (Å²) in [6, 6.07) is 18.9. The van der Waals surface area contributed by atoms with Gasteiger partial charge in [-0.3, -0.25) is 4.98 Å². The first-order valence-electron chi connectivity index (χ1n) is 6.33. The SMILES string of the molecule is c1cnccc2c3ccccc3n3ccc(c1)cc23. The van der Waals surface area contributed by atoms with Gasteiger partial charge in [0, 0.05) is 29.4 Å². The van der Waals surface area contributed by atoms with Crippen LogP contribution in [0.5, 0.6) is 0 Å². The molecule has 3 heterocycles. The molecule has 0 atom stereocenters. The topological polar surface area (TPSA) is 17.3 Å². The molecule has 0 saturated heterocycles.